The van der Waals surface area contributed by atoms with E-state index in [4.69, 9.17) is 5.11 Å². The van der Waals surface area contributed by atoms with Crippen LogP contribution in [0.4, 0.5) is 0 Å². The van der Waals surface area contributed by atoms with Crippen molar-refractivity contribution in [2.45, 2.75) is 31.7 Å². The highest BCUT2D eigenvalue weighted by Crippen LogP contribution is 2.35. The molecule has 19 heavy (non-hydrogen) atoms. The molecule has 1 N–H and O–H groups in total. The number of rotatable bonds is 3. The molecule has 3 rings (SSSR count). The SMILES string of the molecule is O=C(O)C1CCN(C(=O)c2ccnn2C2CC2)CC1. The Hall–Kier alpha value is -1.85. The molecule has 0 spiro atoms. The zero-order chi connectivity index (χ0) is 13.4. The molecule has 1 amide bonds. The van der Waals surface area contributed by atoms with Gasteiger partial charge in [-0.2, -0.15) is 5.10 Å². The minimum absolute atomic E-state index is 0.0201. The van der Waals surface area contributed by atoms with Crippen LogP contribution in [0.1, 0.15) is 42.2 Å². The van der Waals surface area contributed by atoms with Gasteiger partial charge in [-0.05, 0) is 31.7 Å². The summed E-state index contributed by atoms with van der Waals surface area (Å²) < 4.78 is 1.81. The summed E-state index contributed by atoms with van der Waals surface area (Å²) in [5, 5.41) is 13.2. The zero-order valence-electron chi connectivity index (χ0n) is 10.7. The van der Waals surface area contributed by atoms with E-state index in [1.807, 2.05) is 4.68 Å². The minimum Gasteiger partial charge on any atom is -0.481 e. The van der Waals surface area contributed by atoms with Crippen molar-refractivity contribution >= 4 is 11.9 Å². The molecule has 0 atom stereocenters. The second-order valence-corrected chi connectivity index (χ2v) is 5.30. The second kappa shape index (κ2) is 4.68. The third-order valence-corrected chi connectivity index (χ3v) is 3.91. The lowest BCUT2D eigenvalue weighted by atomic mass is 9.97. The van der Waals surface area contributed by atoms with Crippen molar-refractivity contribution in [1.29, 1.82) is 0 Å². The molecule has 0 unspecified atom stereocenters. The highest BCUT2D eigenvalue weighted by Gasteiger charge is 2.32. The molecule has 0 bridgehead atoms. The maximum Gasteiger partial charge on any atom is 0.306 e. The Morgan fingerprint density at radius 3 is 2.47 bits per heavy atom. The normalized spacial score (nSPS) is 20.5. The molecule has 2 fully saturated rings. The van der Waals surface area contributed by atoms with Crippen molar-refractivity contribution < 1.29 is 14.7 Å². The minimum atomic E-state index is -0.755. The lowest BCUT2D eigenvalue weighted by Gasteiger charge is -2.30. The Morgan fingerprint density at radius 2 is 1.89 bits per heavy atom. The number of carbonyl (C=O) groups excluding carboxylic acids is 1. The van der Waals surface area contributed by atoms with Crippen LogP contribution in [0.25, 0.3) is 0 Å². The van der Waals surface area contributed by atoms with Crippen molar-refractivity contribution in [3.05, 3.63) is 18.0 Å². The summed E-state index contributed by atoms with van der Waals surface area (Å²) >= 11 is 0. The van der Waals surface area contributed by atoms with Crippen LogP contribution in [-0.4, -0.2) is 44.8 Å². The van der Waals surface area contributed by atoms with Crippen LogP contribution in [0.15, 0.2) is 12.3 Å². The van der Waals surface area contributed by atoms with Gasteiger partial charge in [-0.25, -0.2) is 0 Å². The van der Waals surface area contributed by atoms with E-state index in [0.717, 1.165) is 12.8 Å². The molecular formula is C13H17N3O3. The number of likely N-dealkylation sites (tertiary alicyclic amines) is 1. The van der Waals surface area contributed by atoms with Crippen molar-refractivity contribution in [3.63, 3.8) is 0 Å². The highest BCUT2D eigenvalue weighted by molar-refractivity contribution is 5.92. The van der Waals surface area contributed by atoms with Crippen LogP contribution in [-0.2, 0) is 4.79 Å². The number of amides is 1. The third kappa shape index (κ3) is 2.34. The first-order chi connectivity index (χ1) is 9.16. The predicted molar refractivity (Wildman–Crippen MR) is 66.8 cm³/mol. The summed E-state index contributed by atoms with van der Waals surface area (Å²) in [4.78, 5) is 25.0. The number of hydrogen-bond donors (Lipinski definition) is 1. The van der Waals surface area contributed by atoms with Gasteiger partial charge in [-0.15, -0.1) is 0 Å². The van der Waals surface area contributed by atoms with Gasteiger partial charge in [0.15, 0.2) is 0 Å². The molecule has 1 aliphatic carbocycles. The number of nitrogens with zero attached hydrogens (tertiary/aromatic N) is 3. The standard InChI is InChI=1S/C13H17N3O3/c17-12(11-3-6-14-16(11)10-1-2-10)15-7-4-9(5-8-15)13(18)19/h3,6,9-10H,1-2,4-5,7-8H2,(H,18,19). The van der Waals surface area contributed by atoms with Crippen molar-refractivity contribution in [3.8, 4) is 0 Å². The van der Waals surface area contributed by atoms with E-state index in [9.17, 15) is 9.59 Å². The lowest BCUT2D eigenvalue weighted by Crippen LogP contribution is -2.41. The number of hydrogen-bond acceptors (Lipinski definition) is 3. The van der Waals surface area contributed by atoms with Gasteiger partial charge in [-0.1, -0.05) is 0 Å². The van der Waals surface area contributed by atoms with E-state index < -0.39 is 5.97 Å². The zero-order valence-corrected chi connectivity index (χ0v) is 10.7. The molecule has 1 aromatic rings. The second-order valence-electron chi connectivity index (χ2n) is 5.30. The maximum absolute atomic E-state index is 12.4. The fourth-order valence-electron chi connectivity index (χ4n) is 2.59. The first-order valence-electron chi connectivity index (χ1n) is 6.72. The van der Waals surface area contributed by atoms with Gasteiger partial charge in [0.25, 0.3) is 5.91 Å². The number of piperidine rings is 1. The van der Waals surface area contributed by atoms with E-state index >= 15 is 0 Å². The van der Waals surface area contributed by atoms with Gasteiger partial charge < -0.3 is 10.0 Å². The van der Waals surface area contributed by atoms with Crippen LogP contribution in [0.2, 0.25) is 0 Å². The van der Waals surface area contributed by atoms with Gasteiger partial charge in [-0.3, -0.25) is 14.3 Å². The van der Waals surface area contributed by atoms with Gasteiger partial charge >= 0.3 is 5.97 Å². The Labute approximate surface area is 111 Å². The van der Waals surface area contributed by atoms with Crippen molar-refractivity contribution in [2.24, 2.45) is 5.92 Å². The van der Waals surface area contributed by atoms with Gasteiger partial charge in [0.2, 0.25) is 0 Å². The van der Waals surface area contributed by atoms with E-state index in [1.54, 1.807) is 17.2 Å². The van der Waals surface area contributed by atoms with E-state index in [2.05, 4.69) is 5.10 Å². The molecule has 6 nitrogen and oxygen atoms in total. The molecule has 1 saturated carbocycles. The molecule has 2 aliphatic rings. The van der Waals surface area contributed by atoms with Crippen molar-refractivity contribution in [1.82, 2.24) is 14.7 Å². The van der Waals surface area contributed by atoms with Gasteiger partial charge in [0.1, 0.15) is 5.69 Å². The molecule has 6 heteroatoms. The summed E-state index contributed by atoms with van der Waals surface area (Å²) in [7, 11) is 0. The highest BCUT2D eigenvalue weighted by atomic mass is 16.4. The van der Waals surface area contributed by atoms with E-state index in [0.29, 0.717) is 37.7 Å². The smallest absolute Gasteiger partial charge is 0.306 e. The fraction of sp³-hybridized carbons (Fsp3) is 0.615. The predicted octanol–water partition coefficient (Wildman–Crippen LogP) is 1.15. The Morgan fingerprint density at radius 1 is 1.21 bits per heavy atom. The largest absolute Gasteiger partial charge is 0.481 e. The summed E-state index contributed by atoms with van der Waals surface area (Å²) in [6.45, 7) is 1.04. The topological polar surface area (TPSA) is 75.4 Å². The molecule has 2 heterocycles. The fourth-order valence-corrected chi connectivity index (χ4v) is 2.59. The third-order valence-electron chi connectivity index (χ3n) is 3.91. The maximum atomic E-state index is 12.4. The van der Waals surface area contributed by atoms with E-state index in [1.165, 1.54) is 0 Å². The van der Waals surface area contributed by atoms with Crippen LogP contribution >= 0.6 is 0 Å². The molecule has 1 aromatic heterocycles. The first-order valence-corrected chi connectivity index (χ1v) is 6.72. The van der Waals surface area contributed by atoms with E-state index in [-0.39, 0.29) is 11.8 Å². The molecule has 102 valence electrons. The lowest BCUT2D eigenvalue weighted by molar-refractivity contribution is -0.143. The molecule has 1 aliphatic heterocycles. The number of carboxylic acid groups (broad SMARTS) is 1. The summed E-state index contributed by atoms with van der Waals surface area (Å²) in [5.74, 6) is -1.08. The number of aliphatic carboxylic acids is 1. The molecular weight excluding hydrogens is 246 g/mol. The Kier molecular flexibility index (Phi) is 3.00. The van der Waals surface area contributed by atoms with Gasteiger partial charge in [0.05, 0.1) is 12.0 Å². The van der Waals surface area contributed by atoms with Crippen LogP contribution in [0.5, 0.6) is 0 Å². The monoisotopic (exact) mass is 263 g/mol. The Bertz CT molecular complexity index is 499. The van der Waals surface area contributed by atoms with Crippen molar-refractivity contribution in [2.75, 3.05) is 13.1 Å². The first kappa shape index (κ1) is 12.2. The van der Waals surface area contributed by atoms with Crippen LogP contribution < -0.4 is 0 Å². The number of carbonyl (C=O) groups is 2. The average Bonchev–Trinajstić information content (AvgIpc) is 3.15. The van der Waals surface area contributed by atoms with Crippen LogP contribution in [0.3, 0.4) is 0 Å². The summed E-state index contributed by atoms with van der Waals surface area (Å²) in [6.07, 6.45) is 4.92. The number of carboxylic acids is 1. The Balaban J connectivity index is 1.68. The molecule has 1 saturated heterocycles. The number of aromatic nitrogens is 2. The summed E-state index contributed by atoms with van der Waals surface area (Å²) in [6, 6.07) is 2.13. The van der Waals surface area contributed by atoms with Gasteiger partial charge in [0, 0.05) is 19.3 Å². The molecule has 0 aromatic carbocycles. The van der Waals surface area contributed by atoms with Crippen LogP contribution in [0, 0.1) is 5.92 Å². The summed E-state index contributed by atoms with van der Waals surface area (Å²) in [5.41, 5.74) is 0.635. The average molecular weight is 263 g/mol. The molecule has 0 radical (unpaired) electrons. The quantitative estimate of drug-likeness (QED) is 0.887.